The summed E-state index contributed by atoms with van der Waals surface area (Å²) in [6, 6.07) is 0. The molecule has 1 aliphatic carbocycles. The summed E-state index contributed by atoms with van der Waals surface area (Å²) in [5.41, 5.74) is 0. The molecule has 10 nitrogen and oxygen atoms in total. The summed E-state index contributed by atoms with van der Waals surface area (Å²) in [4.78, 5) is 20.9. The summed E-state index contributed by atoms with van der Waals surface area (Å²) in [6.07, 6.45) is 0. The summed E-state index contributed by atoms with van der Waals surface area (Å²) in [6.45, 7) is 0. The molecule has 1 aromatic rings. The van der Waals surface area contributed by atoms with Crippen LogP contribution in [0.2, 0.25) is 15.1 Å². The Morgan fingerprint density at radius 1 is 0.656 bits per heavy atom. The standard InChI is InChI=1S/C6Cl4O2.C6H3Cl3O5S.Na.O3S.H/c7-1-2(8)6(12)4(10)3(9)5(1)11;7-1-2(8)5(11)6(15(12,13)14)3(9)4(1)10;;1-4(2)3;/h;10-11H,(H,12,13,14);;;/q;;+1;;-1. The van der Waals surface area contributed by atoms with Gasteiger partial charge in [-0.25, -0.2) is 0 Å². The van der Waals surface area contributed by atoms with E-state index in [4.69, 9.17) is 98.4 Å². The molecule has 0 unspecified atom stereocenters. The molecule has 3 N–H and O–H groups in total. The number of ketones is 2. The van der Waals surface area contributed by atoms with Crippen molar-refractivity contribution >= 4 is 113 Å². The van der Waals surface area contributed by atoms with Gasteiger partial charge in [-0.15, -0.1) is 12.6 Å². The third kappa shape index (κ3) is 8.77. The van der Waals surface area contributed by atoms with Gasteiger partial charge in [0.15, 0.2) is 16.4 Å². The van der Waals surface area contributed by atoms with E-state index >= 15 is 0 Å². The zero-order valence-electron chi connectivity index (χ0n) is 15.7. The average Bonchev–Trinajstić information content (AvgIpc) is 2.65. The van der Waals surface area contributed by atoms with Crippen molar-refractivity contribution in [1.29, 1.82) is 0 Å². The van der Waals surface area contributed by atoms with Crippen LogP contribution in [-0.4, -0.2) is 47.4 Å². The number of aromatic hydroxyl groups is 2. The molecule has 2 rings (SSSR count). The minimum atomic E-state index is -4.81. The molecule has 0 fully saturated rings. The van der Waals surface area contributed by atoms with Gasteiger partial charge in [0.1, 0.15) is 35.2 Å². The SMILES string of the molecule is O=C1C(Cl)=C(Cl)C(=O)C(Cl)=C1Cl.O=S(=O)(O)c1c(O)c(Cl)c(Cl)c(O)c1Cl.O=S(=O)=O.[H-].[Na+]. The fraction of sp³-hybridized carbons (Fsp3) is 0. The van der Waals surface area contributed by atoms with Gasteiger partial charge >= 0.3 is 40.2 Å². The number of benzene rings is 1. The van der Waals surface area contributed by atoms with Crippen LogP contribution in [0.4, 0.5) is 0 Å². The predicted molar refractivity (Wildman–Crippen MR) is 113 cm³/mol. The number of phenols is 2. The molecule has 0 spiro atoms. The molecule has 0 heterocycles. The van der Waals surface area contributed by atoms with E-state index in [0.29, 0.717) is 0 Å². The Balaban J connectivity index is -0.000000452. The molecular weight excluding hydrogens is 639 g/mol. The monoisotopic (exact) mass is 640 g/mol. The van der Waals surface area contributed by atoms with Crippen molar-refractivity contribution in [3.63, 3.8) is 0 Å². The number of phenolic OH excluding ortho intramolecular Hbond substituents is 2. The number of carbonyl (C=O) groups is 2. The minimum Gasteiger partial charge on any atom is -1.00 e. The minimum absolute atomic E-state index is 0. The van der Waals surface area contributed by atoms with Gasteiger partial charge in [0.05, 0.1) is 0 Å². The van der Waals surface area contributed by atoms with Crippen LogP contribution in [0.5, 0.6) is 11.5 Å². The number of carbonyl (C=O) groups excluding carboxylic acids is 2. The first-order chi connectivity index (χ1) is 13.9. The Bertz CT molecular complexity index is 1150. The van der Waals surface area contributed by atoms with E-state index in [0.717, 1.165) is 0 Å². The maximum Gasteiger partial charge on any atom is 1.00 e. The fourth-order valence-electron chi connectivity index (χ4n) is 1.44. The summed E-state index contributed by atoms with van der Waals surface area (Å²) >= 11 is 37.7. The molecule has 174 valence electrons. The number of hydrogen-bond donors (Lipinski definition) is 3. The summed E-state index contributed by atoms with van der Waals surface area (Å²) in [5, 5.41) is 15.0. The van der Waals surface area contributed by atoms with Gasteiger partial charge in [-0.2, -0.15) is 8.42 Å². The van der Waals surface area contributed by atoms with Crippen molar-refractivity contribution in [2.45, 2.75) is 4.90 Å². The molecule has 1 aliphatic rings. The molecule has 0 radical (unpaired) electrons. The molecule has 0 saturated heterocycles. The number of allylic oxidation sites excluding steroid dienone is 4. The Labute approximate surface area is 239 Å². The first kappa shape index (κ1) is 34.4. The Kier molecular flexibility index (Phi) is 15.0. The van der Waals surface area contributed by atoms with Crippen molar-refractivity contribution in [3.05, 3.63) is 35.2 Å². The van der Waals surface area contributed by atoms with Gasteiger partial charge in [-0.05, 0) is 0 Å². The molecule has 0 aliphatic heterocycles. The normalized spacial score (nSPS) is 13.5. The van der Waals surface area contributed by atoms with Gasteiger partial charge in [0.25, 0.3) is 10.1 Å². The van der Waals surface area contributed by atoms with Crippen LogP contribution >= 0.6 is 81.2 Å². The zero-order valence-corrected chi connectivity index (χ0v) is 23.6. The number of halogens is 7. The number of hydrogen-bond acceptors (Lipinski definition) is 9. The maximum atomic E-state index is 11.0. The second-order valence-electron chi connectivity index (χ2n) is 4.56. The molecule has 0 atom stereocenters. The molecule has 20 heteroatoms. The van der Waals surface area contributed by atoms with Crippen molar-refractivity contribution < 1.29 is 76.4 Å². The van der Waals surface area contributed by atoms with Gasteiger partial charge < -0.3 is 11.6 Å². The molecule has 0 saturated carbocycles. The number of Topliss-reactive ketones (excluding diaryl/α,β-unsaturated/α-hetero) is 2. The topological polar surface area (TPSA) is 180 Å². The largest absolute Gasteiger partial charge is 1.00 e. The maximum absolute atomic E-state index is 11.0. The van der Waals surface area contributed by atoms with E-state index in [1.165, 1.54) is 0 Å². The summed E-state index contributed by atoms with van der Waals surface area (Å²) in [5.74, 6) is -3.32. The van der Waals surface area contributed by atoms with Crippen LogP contribution in [0.1, 0.15) is 1.43 Å². The molecule has 32 heavy (non-hydrogen) atoms. The van der Waals surface area contributed by atoms with Crippen LogP contribution < -0.4 is 29.6 Å². The van der Waals surface area contributed by atoms with Crippen molar-refractivity contribution in [1.82, 2.24) is 0 Å². The van der Waals surface area contributed by atoms with E-state index < -0.39 is 83.9 Å². The molecule has 0 bridgehead atoms. The third-order valence-electron chi connectivity index (χ3n) is 2.67. The van der Waals surface area contributed by atoms with E-state index in [-0.39, 0.29) is 31.0 Å². The Hall–Kier alpha value is 0.200. The summed E-state index contributed by atoms with van der Waals surface area (Å²) < 4.78 is 55.6. The van der Waals surface area contributed by atoms with Gasteiger partial charge in [0.2, 0.25) is 11.6 Å². The average molecular weight is 643 g/mol. The second-order valence-corrected chi connectivity index (χ2v) is 8.97. The quantitative estimate of drug-likeness (QED) is 0.131. The first-order valence-electron chi connectivity index (χ1n) is 6.40. The van der Waals surface area contributed by atoms with Gasteiger partial charge in [0, 0.05) is 0 Å². The second kappa shape index (κ2) is 13.9. The molecule has 0 aromatic heterocycles. The third-order valence-corrected chi connectivity index (χ3v) is 6.53. The number of rotatable bonds is 1. The van der Waals surface area contributed by atoms with Crippen LogP contribution in [0.3, 0.4) is 0 Å². The van der Waals surface area contributed by atoms with Crippen LogP contribution in [0.25, 0.3) is 0 Å². The van der Waals surface area contributed by atoms with E-state index in [2.05, 4.69) is 0 Å². The molecule has 1 aromatic carbocycles. The predicted octanol–water partition coefficient (Wildman–Crippen LogP) is 0.934. The first-order valence-corrected chi connectivity index (χ1v) is 11.5. The van der Waals surface area contributed by atoms with Crippen molar-refractivity contribution in [2.75, 3.05) is 0 Å². The van der Waals surface area contributed by atoms with Crippen molar-refractivity contribution in [2.24, 2.45) is 0 Å². The zero-order chi connectivity index (χ0) is 25.0. The van der Waals surface area contributed by atoms with Crippen LogP contribution in [0.15, 0.2) is 25.0 Å². The van der Waals surface area contributed by atoms with E-state index in [1.807, 2.05) is 0 Å². The van der Waals surface area contributed by atoms with Crippen LogP contribution in [-0.2, 0) is 30.3 Å². The van der Waals surface area contributed by atoms with Crippen LogP contribution in [0, 0.1) is 0 Å². The molecule has 0 amide bonds. The van der Waals surface area contributed by atoms with Crippen molar-refractivity contribution in [3.8, 4) is 11.5 Å². The Morgan fingerprint density at radius 2 is 0.906 bits per heavy atom. The fourth-order valence-corrected chi connectivity index (χ4v) is 3.88. The van der Waals surface area contributed by atoms with E-state index in [9.17, 15) is 28.2 Å². The van der Waals surface area contributed by atoms with E-state index in [1.54, 1.807) is 0 Å². The molecular formula is C12H4Cl7NaO10S2. The van der Waals surface area contributed by atoms with Gasteiger partial charge in [-0.1, -0.05) is 81.2 Å². The summed E-state index contributed by atoms with van der Waals surface area (Å²) in [7, 11) is -7.92. The smallest absolute Gasteiger partial charge is 1.00 e. The van der Waals surface area contributed by atoms with Gasteiger partial charge in [-0.3, -0.25) is 14.1 Å². The Morgan fingerprint density at radius 3 is 1.16 bits per heavy atom.